The van der Waals surface area contributed by atoms with Crippen LogP contribution in [0.5, 0.6) is 0 Å². The molecule has 0 amide bonds. The van der Waals surface area contributed by atoms with Crippen LogP contribution in [0.3, 0.4) is 0 Å². The minimum absolute atomic E-state index is 0. The van der Waals surface area contributed by atoms with E-state index in [0.29, 0.717) is 25.5 Å². The Morgan fingerprint density at radius 1 is 0.938 bits per heavy atom. The minimum Gasteiger partial charge on any atom is -1.00 e. The number of ether oxygens (including phenoxy) is 1. The van der Waals surface area contributed by atoms with Gasteiger partial charge in [-0.05, 0) is 81.2 Å². The van der Waals surface area contributed by atoms with Gasteiger partial charge in [-0.1, -0.05) is 30.7 Å². The molecular weight excluding hydrogens is 519 g/mol. The average Bonchev–Trinajstić information content (AvgIpc) is 2.73. The first-order valence-corrected chi connectivity index (χ1v) is 11.7. The lowest BCUT2D eigenvalue weighted by Gasteiger charge is -2.42. The Kier molecular flexibility index (Phi) is 10.6. The van der Waals surface area contributed by atoms with Crippen LogP contribution in [0, 0.1) is 25.5 Å². The van der Waals surface area contributed by atoms with Crippen LogP contribution in [0.4, 0.5) is 8.78 Å². The van der Waals surface area contributed by atoms with Crippen molar-refractivity contribution in [2.75, 3.05) is 27.2 Å². The summed E-state index contributed by atoms with van der Waals surface area (Å²) in [7, 11) is 4.66. The third-order valence-electron chi connectivity index (χ3n) is 7.02. The fourth-order valence-electron chi connectivity index (χ4n) is 5.16. The Hall–Kier alpha value is -1.05. The van der Waals surface area contributed by atoms with E-state index in [2.05, 4.69) is 46.1 Å². The maximum absolute atomic E-state index is 14.0. The molecule has 1 atom stereocenters. The molecule has 1 aliphatic carbocycles. The zero-order chi connectivity index (χ0) is 22.4. The Balaban J connectivity index is 0.00000363. The Labute approximate surface area is 210 Å². The van der Waals surface area contributed by atoms with Gasteiger partial charge in [-0.3, -0.25) is 0 Å². The zero-order valence-electron chi connectivity index (χ0n) is 20.0. The van der Waals surface area contributed by atoms with E-state index < -0.39 is 11.6 Å². The van der Waals surface area contributed by atoms with Crippen LogP contribution in [-0.2, 0) is 11.2 Å². The smallest absolute Gasteiger partial charge is 0.132 e. The van der Waals surface area contributed by atoms with E-state index in [9.17, 15) is 8.78 Å². The molecule has 0 aromatic heterocycles. The minimum atomic E-state index is -0.471. The van der Waals surface area contributed by atoms with E-state index in [1.165, 1.54) is 67.0 Å². The van der Waals surface area contributed by atoms with E-state index in [1.54, 1.807) is 0 Å². The normalized spacial score (nSPS) is 15.9. The number of nitrogens with zero attached hydrogens (tertiary/aromatic N) is 1. The van der Waals surface area contributed by atoms with Gasteiger partial charge < -0.3 is 33.2 Å². The molecule has 0 saturated heterocycles. The number of hydrogen-bond donors (Lipinski definition) is 0. The maximum atomic E-state index is 14.0. The quantitative estimate of drug-likeness (QED) is 0.260. The standard InChI is InChI=1S/C27H38F2NO.HI/c1-20-11-8-12-21(2)27(20)26(19-30(3,4)22-13-6-5-7-14-22)31-18-10-15-23-24(28)16-9-17-25(23)29;/h8-9,11-12,16-17,22,26H,5-7,10,13-15,18-19H2,1-4H3;1H/q+1;/p-1. The Morgan fingerprint density at radius 2 is 1.50 bits per heavy atom. The molecule has 0 aliphatic heterocycles. The van der Waals surface area contributed by atoms with Crippen LogP contribution < -0.4 is 24.0 Å². The molecule has 3 rings (SSSR count). The van der Waals surface area contributed by atoms with E-state index in [1.807, 2.05) is 0 Å². The molecule has 0 bridgehead atoms. The number of aryl methyl sites for hydroxylation is 2. The van der Waals surface area contributed by atoms with Crippen LogP contribution in [0.15, 0.2) is 36.4 Å². The molecule has 32 heavy (non-hydrogen) atoms. The Bertz CT molecular complexity index is 824. The van der Waals surface area contributed by atoms with Crippen molar-refractivity contribution >= 4 is 0 Å². The number of hydrogen-bond acceptors (Lipinski definition) is 1. The second kappa shape index (κ2) is 12.4. The summed E-state index contributed by atoms with van der Waals surface area (Å²) >= 11 is 0. The van der Waals surface area contributed by atoms with E-state index in [4.69, 9.17) is 4.74 Å². The molecule has 2 aromatic rings. The van der Waals surface area contributed by atoms with E-state index in [-0.39, 0.29) is 35.6 Å². The van der Waals surface area contributed by atoms with E-state index in [0.717, 1.165) is 11.0 Å². The summed E-state index contributed by atoms with van der Waals surface area (Å²) in [5.41, 5.74) is 3.91. The van der Waals surface area contributed by atoms with Crippen molar-refractivity contribution in [2.24, 2.45) is 0 Å². The second-order valence-corrected chi connectivity index (χ2v) is 9.72. The summed E-state index contributed by atoms with van der Waals surface area (Å²) in [6, 6.07) is 11.1. The van der Waals surface area contributed by atoms with Crippen LogP contribution >= 0.6 is 0 Å². The first-order chi connectivity index (χ1) is 14.8. The molecule has 0 spiro atoms. The number of quaternary nitrogens is 1. The summed E-state index contributed by atoms with van der Waals surface area (Å²) in [4.78, 5) is 0. The molecule has 1 fully saturated rings. The average molecular weight is 558 g/mol. The summed E-state index contributed by atoms with van der Waals surface area (Å²) in [5, 5.41) is 0. The second-order valence-electron chi connectivity index (χ2n) is 9.72. The van der Waals surface area contributed by atoms with Gasteiger partial charge in [0.2, 0.25) is 0 Å². The lowest BCUT2D eigenvalue weighted by molar-refractivity contribution is -0.920. The maximum Gasteiger partial charge on any atom is 0.132 e. The van der Waals surface area contributed by atoms with Crippen LogP contribution in [0.1, 0.15) is 66.9 Å². The van der Waals surface area contributed by atoms with Gasteiger partial charge in [0.1, 0.15) is 24.3 Å². The van der Waals surface area contributed by atoms with Crippen molar-refractivity contribution in [2.45, 2.75) is 70.9 Å². The molecule has 0 N–H and O–H groups in total. The Morgan fingerprint density at radius 3 is 2.09 bits per heavy atom. The van der Waals surface area contributed by atoms with Crippen LogP contribution in [0.25, 0.3) is 0 Å². The summed E-state index contributed by atoms with van der Waals surface area (Å²) in [6.07, 6.45) is 7.45. The molecule has 1 unspecified atom stereocenters. The van der Waals surface area contributed by atoms with Crippen molar-refractivity contribution in [1.29, 1.82) is 0 Å². The summed E-state index contributed by atoms with van der Waals surface area (Å²) in [6.45, 7) is 5.68. The largest absolute Gasteiger partial charge is 1.00 e. The third kappa shape index (κ3) is 6.97. The number of benzene rings is 2. The molecule has 178 valence electrons. The molecule has 1 saturated carbocycles. The van der Waals surface area contributed by atoms with Gasteiger partial charge in [-0.15, -0.1) is 0 Å². The predicted octanol–water partition coefficient (Wildman–Crippen LogP) is 3.69. The molecule has 0 heterocycles. The monoisotopic (exact) mass is 557 g/mol. The molecule has 5 heteroatoms. The molecule has 1 aliphatic rings. The highest BCUT2D eigenvalue weighted by Crippen LogP contribution is 2.32. The van der Waals surface area contributed by atoms with Gasteiger partial charge in [0.05, 0.1) is 20.1 Å². The first kappa shape index (κ1) is 27.2. The highest BCUT2D eigenvalue weighted by molar-refractivity contribution is 5.35. The van der Waals surface area contributed by atoms with Gasteiger partial charge in [-0.25, -0.2) is 8.78 Å². The highest BCUT2D eigenvalue weighted by atomic mass is 127. The zero-order valence-corrected chi connectivity index (χ0v) is 22.1. The highest BCUT2D eigenvalue weighted by Gasteiger charge is 2.34. The van der Waals surface area contributed by atoms with Gasteiger partial charge in [0.15, 0.2) is 0 Å². The SMILES string of the molecule is Cc1cccc(C)c1C(C[N+](C)(C)C1CCCCC1)OCCCc1c(F)cccc1F.[I-]. The van der Waals surface area contributed by atoms with Crippen molar-refractivity contribution in [1.82, 2.24) is 0 Å². The fraction of sp³-hybridized carbons (Fsp3) is 0.556. The van der Waals surface area contributed by atoms with Crippen molar-refractivity contribution in [3.8, 4) is 0 Å². The van der Waals surface area contributed by atoms with Crippen molar-refractivity contribution < 1.29 is 42.0 Å². The van der Waals surface area contributed by atoms with Crippen molar-refractivity contribution in [3.05, 3.63) is 70.3 Å². The fourth-order valence-corrected chi connectivity index (χ4v) is 5.16. The van der Waals surface area contributed by atoms with Gasteiger partial charge in [0, 0.05) is 12.2 Å². The van der Waals surface area contributed by atoms with Crippen LogP contribution in [-0.4, -0.2) is 37.8 Å². The number of rotatable bonds is 9. The van der Waals surface area contributed by atoms with Gasteiger partial charge in [-0.2, -0.15) is 0 Å². The van der Waals surface area contributed by atoms with E-state index >= 15 is 0 Å². The lowest BCUT2D eigenvalue weighted by atomic mass is 9.91. The number of halogens is 3. The summed E-state index contributed by atoms with van der Waals surface area (Å²) < 4.78 is 35.3. The van der Waals surface area contributed by atoms with Gasteiger partial charge >= 0.3 is 0 Å². The molecular formula is C27H38F2INO. The molecule has 2 nitrogen and oxygen atoms in total. The third-order valence-corrected chi connectivity index (χ3v) is 7.02. The lowest BCUT2D eigenvalue weighted by Crippen LogP contribution is -3.00. The predicted molar refractivity (Wildman–Crippen MR) is 123 cm³/mol. The van der Waals surface area contributed by atoms with Crippen LogP contribution in [0.2, 0.25) is 0 Å². The van der Waals surface area contributed by atoms with Gasteiger partial charge in [0.25, 0.3) is 0 Å². The van der Waals surface area contributed by atoms with Crippen molar-refractivity contribution in [3.63, 3.8) is 0 Å². The summed E-state index contributed by atoms with van der Waals surface area (Å²) in [5.74, 6) is -0.942. The first-order valence-electron chi connectivity index (χ1n) is 11.7. The topological polar surface area (TPSA) is 9.23 Å². The number of likely N-dealkylation sites (N-methyl/N-ethyl adjacent to an activating group) is 1. The molecule has 2 aromatic carbocycles. The molecule has 0 radical (unpaired) electrons.